The van der Waals surface area contributed by atoms with Gasteiger partial charge in [0.15, 0.2) is 0 Å². The highest BCUT2D eigenvalue weighted by atomic mass is 16.1. The monoisotopic (exact) mass is 374 g/mol. The van der Waals surface area contributed by atoms with Crippen molar-refractivity contribution in [2.75, 3.05) is 5.32 Å². The van der Waals surface area contributed by atoms with Crippen molar-refractivity contribution < 1.29 is 4.79 Å². The molecule has 1 unspecified atom stereocenters. The Labute approximate surface area is 168 Å². The zero-order chi connectivity index (χ0) is 20.4. The largest absolute Gasteiger partial charge is 0.379 e. The van der Waals surface area contributed by atoms with E-state index in [-0.39, 0.29) is 6.04 Å². The van der Waals surface area contributed by atoms with Gasteiger partial charge in [-0.05, 0) is 43.9 Å². The van der Waals surface area contributed by atoms with Gasteiger partial charge >= 0.3 is 0 Å². The van der Waals surface area contributed by atoms with Crippen LogP contribution in [0.5, 0.6) is 0 Å². The average Bonchev–Trinajstić information content (AvgIpc) is 2.71. The number of benzene rings is 2. The molecule has 0 aliphatic heterocycles. The standard InChI is InChI=1S/C25H30N2O/c1-5-7-10-23(27-20(4)22-15-13-19(3)14-16-22)17-21(6-2)24-11-8-9-12-25(24)26-18-28/h6-16,18,23,27H,4-5,17H2,1-3H3,(H,26,28)/b10-7+,21-6-. The lowest BCUT2D eigenvalue weighted by molar-refractivity contribution is -0.105. The summed E-state index contributed by atoms with van der Waals surface area (Å²) in [5.74, 6) is 0. The third kappa shape index (κ3) is 5.98. The first-order valence-corrected chi connectivity index (χ1v) is 9.73. The maximum atomic E-state index is 11.0. The zero-order valence-electron chi connectivity index (χ0n) is 17.0. The smallest absolute Gasteiger partial charge is 0.211 e. The van der Waals surface area contributed by atoms with E-state index in [1.54, 1.807) is 0 Å². The molecule has 2 N–H and O–H groups in total. The molecule has 0 bridgehead atoms. The lowest BCUT2D eigenvalue weighted by Gasteiger charge is -2.21. The molecule has 0 heterocycles. The van der Waals surface area contributed by atoms with Gasteiger partial charge in [0.2, 0.25) is 6.41 Å². The Bertz CT molecular complexity index is 847. The van der Waals surface area contributed by atoms with E-state index in [1.807, 2.05) is 31.2 Å². The Hall–Kier alpha value is -3.07. The predicted molar refractivity (Wildman–Crippen MR) is 121 cm³/mol. The lowest BCUT2D eigenvalue weighted by atomic mass is 9.96. The quantitative estimate of drug-likeness (QED) is 0.398. The molecule has 0 saturated heterocycles. The number of nitrogens with one attached hydrogen (secondary N) is 2. The fourth-order valence-corrected chi connectivity index (χ4v) is 3.10. The van der Waals surface area contributed by atoms with Gasteiger partial charge in [0.1, 0.15) is 0 Å². The van der Waals surface area contributed by atoms with Crippen LogP contribution >= 0.6 is 0 Å². The van der Waals surface area contributed by atoms with E-state index in [1.165, 1.54) is 11.1 Å². The SMILES string of the molecule is C=C(NC(/C=C/CC)C/C(=C/C)c1ccccc1NC=O)c1ccc(C)cc1. The van der Waals surface area contributed by atoms with Crippen LogP contribution in [0.25, 0.3) is 11.3 Å². The molecule has 0 aliphatic rings. The third-order valence-corrected chi connectivity index (χ3v) is 4.64. The summed E-state index contributed by atoms with van der Waals surface area (Å²) in [5, 5.41) is 6.36. The van der Waals surface area contributed by atoms with Crippen molar-refractivity contribution in [2.24, 2.45) is 0 Å². The van der Waals surface area contributed by atoms with Crippen molar-refractivity contribution in [3.05, 3.63) is 90.0 Å². The van der Waals surface area contributed by atoms with E-state index < -0.39 is 0 Å². The number of anilines is 1. The Morgan fingerprint density at radius 3 is 2.50 bits per heavy atom. The van der Waals surface area contributed by atoms with E-state index in [9.17, 15) is 4.79 Å². The fraction of sp³-hybridized carbons (Fsp3) is 0.240. The van der Waals surface area contributed by atoms with Gasteiger partial charge in [-0.25, -0.2) is 0 Å². The first-order chi connectivity index (χ1) is 13.6. The van der Waals surface area contributed by atoms with Gasteiger partial charge in [-0.2, -0.15) is 0 Å². The van der Waals surface area contributed by atoms with E-state index >= 15 is 0 Å². The van der Waals surface area contributed by atoms with Gasteiger partial charge in [-0.3, -0.25) is 4.79 Å². The molecule has 0 aromatic heterocycles. The molecule has 2 rings (SSSR count). The zero-order valence-corrected chi connectivity index (χ0v) is 17.0. The van der Waals surface area contributed by atoms with Crippen LogP contribution in [0.15, 0.2) is 73.3 Å². The van der Waals surface area contributed by atoms with Crippen LogP contribution in [0.2, 0.25) is 0 Å². The van der Waals surface area contributed by atoms with E-state index in [4.69, 9.17) is 0 Å². The second-order valence-corrected chi connectivity index (χ2v) is 6.76. The van der Waals surface area contributed by atoms with Gasteiger partial charge in [-0.15, -0.1) is 0 Å². The van der Waals surface area contributed by atoms with Crippen molar-refractivity contribution in [2.45, 2.75) is 39.7 Å². The van der Waals surface area contributed by atoms with Gasteiger partial charge in [0.25, 0.3) is 0 Å². The molecular weight excluding hydrogens is 344 g/mol. The molecule has 0 aliphatic carbocycles. The normalized spacial score (nSPS) is 12.6. The van der Waals surface area contributed by atoms with E-state index in [0.29, 0.717) is 0 Å². The Kier molecular flexibility index (Phi) is 8.29. The number of carbonyl (C=O) groups is 1. The number of hydrogen-bond donors (Lipinski definition) is 2. The molecular formula is C25H30N2O. The van der Waals surface area contributed by atoms with Crippen molar-refractivity contribution in [3.63, 3.8) is 0 Å². The second kappa shape index (κ2) is 10.9. The molecule has 28 heavy (non-hydrogen) atoms. The number of amides is 1. The number of allylic oxidation sites excluding steroid dienone is 2. The highest BCUT2D eigenvalue weighted by Gasteiger charge is 2.13. The van der Waals surface area contributed by atoms with Crippen LogP contribution < -0.4 is 10.6 Å². The maximum Gasteiger partial charge on any atom is 0.211 e. The average molecular weight is 375 g/mol. The molecule has 2 aromatic rings. The summed E-state index contributed by atoms with van der Waals surface area (Å²) in [4.78, 5) is 11.0. The molecule has 146 valence electrons. The minimum Gasteiger partial charge on any atom is -0.379 e. The van der Waals surface area contributed by atoms with Crippen LogP contribution in [0, 0.1) is 6.92 Å². The summed E-state index contributed by atoms with van der Waals surface area (Å²) < 4.78 is 0. The molecule has 2 aromatic carbocycles. The lowest BCUT2D eigenvalue weighted by Crippen LogP contribution is -2.26. The molecule has 3 nitrogen and oxygen atoms in total. The van der Waals surface area contributed by atoms with E-state index in [2.05, 4.69) is 73.6 Å². The molecule has 1 atom stereocenters. The van der Waals surface area contributed by atoms with Crippen LogP contribution in [0.3, 0.4) is 0 Å². The Morgan fingerprint density at radius 1 is 1.14 bits per heavy atom. The number of para-hydroxylation sites is 1. The number of aryl methyl sites for hydroxylation is 1. The van der Waals surface area contributed by atoms with Gasteiger partial charge in [-0.1, -0.05) is 79.8 Å². The number of hydrogen-bond acceptors (Lipinski definition) is 2. The van der Waals surface area contributed by atoms with Crippen molar-refractivity contribution in [1.82, 2.24) is 5.32 Å². The molecule has 0 saturated carbocycles. The molecule has 1 amide bonds. The molecule has 3 heteroatoms. The summed E-state index contributed by atoms with van der Waals surface area (Å²) in [7, 11) is 0. The van der Waals surface area contributed by atoms with Crippen molar-refractivity contribution in [1.29, 1.82) is 0 Å². The predicted octanol–water partition coefficient (Wildman–Crippen LogP) is 5.95. The van der Waals surface area contributed by atoms with Crippen LogP contribution in [0.4, 0.5) is 5.69 Å². The minimum atomic E-state index is 0.101. The minimum absolute atomic E-state index is 0.101. The van der Waals surface area contributed by atoms with Crippen LogP contribution in [-0.4, -0.2) is 12.5 Å². The van der Waals surface area contributed by atoms with E-state index in [0.717, 1.165) is 41.8 Å². The first kappa shape index (κ1) is 21.2. The van der Waals surface area contributed by atoms with Crippen molar-refractivity contribution >= 4 is 23.4 Å². The van der Waals surface area contributed by atoms with Gasteiger partial charge in [0.05, 0.1) is 0 Å². The van der Waals surface area contributed by atoms with Crippen molar-refractivity contribution in [3.8, 4) is 0 Å². The summed E-state index contributed by atoms with van der Waals surface area (Å²) in [6.45, 7) is 10.5. The highest BCUT2D eigenvalue weighted by molar-refractivity contribution is 5.83. The molecule has 0 spiro atoms. The summed E-state index contributed by atoms with van der Waals surface area (Å²) >= 11 is 0. The fourth-order valence-electron chi connectivity index (χ4n) is 3.10. The van der Waals surface area contributed by atoms with Crippen LogP contribution in [0.1, 0.15) is 43.4 Å². The molecule has 0 radical (unpaired) electrons. The Balaban J connectivity index is 2.22. The summed E-state index contributed by atoms with van der Waals surface area (Å²) in [6.07, 6.45) is 8.95. The second-order valence-electron chi connectivity index (χ2n) is 6.76. The summed E-state index contributed by atoms with van der Waals surface area (Å²) in [5.41, 5.74) is 6.25. The third-order valence-electron chi connectivity index (χ3n) is 4.64. The maximum absolute atomic E-state index is 11.0. The van der Waals surface area contributed by atoms with Gasteiger partial charge < -0.3 is 10.6 Å². The summed E-state index contributed by atoms with van der Waals surface area (Å²) in [6, 6.07) is 16.3. The molecule has 0 fully saturated rings. The van der Waals surface area contributed by atoms with Gasteiger partial charge in [0, 0.05) is 23.0 Å². The number of rotatable bonds is 10. The first-order valence-electron chi connectivity index (χ1n) is 9.73. The number of carbonyl (C=O) groups excluding carboxylic acids is 1. The Morgan fingerprint density at radius 2 is 1.86 bits per heavy atom. The van der Waals surface area contributed by atoms with Crippen LogP contribution in [-0.2, 0) is 4.79 Å². The topological polar surface area (TPSA) is 41.1 Å². The highest BCUT2D eigenvalue weighted by Crippen LogP contribution is 2.28.